The highest BCUT2D eigenvalue weighted by Crippen LogP contribution is 2.15. The molecule has 6 heteroatoms. The average Bonchev–Trinajstić information content (AvgIpc) is 2.90. The second kappa shape index (κ2) is 4.78. The highest BCUT2D eigenvalue weighted by atomic mass is 32.1. The minimum atomic E-state index is 0.487. The van der Waals surface area contributed by atoms with Crippen LogP contribution in [0.15, 0.2) is 6.20 Å². The van der Waals surface area contributed by atoms with Crippen molar-refractivity contribution in [1.29, 1.82) is 0 Å². The molecule has 0 aliphatic carbocycles. The molecule has 5 nitrogen and oxygen atoms in total. The van der Waals surface area contributed by atoms with Crippen molar-refractivity contribution in [2.24, 2.45) is 0 Å². The number of hydrogen-bond acceptors (Lipinski definition) is 5. The van der Waals surface area contributed by atoms with Crippen molar-refractivity contribution >= 4 is 11.3 Å². The van der Waals surface area contributed by atoms with Gasteiger partial charge in [-0.1, -0.05) is 0 Å². The largest absolute Gasteiger partial charge is 0.307 e. The van der Waals surface area contributed by atoms with Gasteiger partial charge in [-0.15, -0.1) is 11.3 Å². The van der Waals surface area contributed by atoms with Gasteiger partial charge in [0.05, 0.1) is 11.6 Å². The van der Waals surface area contributed by atoms with Crippen LogP contribution in [0.2, 0.25) is 0 Å². The lowest BCUT2D eigenvalue weighted by Gasteiger charge is -2.23. The number of fused-ring (bicyclic) bond motifs is 1. The molecule has 2 aromatic rings. The van der Waals surface area contributed by atoms with Crippen molar-refractivity contribution in [2.75, 3.05) is 0 Å². The van der Waals surface area contributed by atoms with Gasteiger partial charge in [-0.25, -0.2) is 14.6 Å². The third kappa shape index (κ3) is 2.44. The summed E-state index contributed by atoms with van der Waals surface area (Å²) in [4.78, 5) is 9.99. The van der Waals surface area contributed by atoms with Gasteiger partial charge in [0.2, 0.25) is 0 Å². The first kappa shape index (κ1) is 11.8. The maximum absolute atomic E-state index is 4.42. The van der Waals surface area contributed by atoms with E-state index < -0.39 is 0 Å². The Kier molecular flexibility index (Phi) is 3.13. The van der Waals surface area contributed by atoms with E-state index in [1.54, 1.807) is 11.3 Å². The molecule has 0 unspecified atom stereocenters. The topological polar surface area (TPSA) is 55.6 Å². The second-order valence-electron chi connectivity index (χ2n) is 4.72. The summed E-state index contributed by atoms with van der Waals surface area (Å²) >= 11 is 1.76. The van der Waals surface area contributed by atoms with E-state index in [0.29, 0.717) is 6.04 Å². The molecular weight excluding hydrogens is 246 g/mol. The van der Waals surface area contributed by atoms with Crippen molar-refractivity contribution in [3.05, 3.63) is 27.7 Å². The van der Waals surface area contributed by atoms with E-state index in [1.807, 2.05) is 24.7 Å². The third-order valence-corrected chi connectivity index (χ3v) is 4.11. The van der Waals surface area contributed by atoms with E-state index in [1.165, 1.54) is 4.88 Å². The van der Waals surface area contributed by atoms with Crippen LogP contribution < -0.4 is 5.32 Å². The van der Waals surface area contributed by atoms with Crippen LogP contribution in [-0.2, 0) is 19.5 Å². The van der Waals surface area contributed by atoms with Crippen LogP contribution in [0.5, 0.6) is 0 Å². The van der Waals surface area contributed by atoms with Crippen LogP contribution in [0, 0.1) is 13.8 Å². The first-order valence-electron chi connectivity index (χ1n) is 6.26. The molecule has 1 aliphatic heterocycles. The van der Waals surface area contributed by atoms with E-state index in [9.17, 15) is 0 Å². The van der Waals surface area contributed by atoms with Crippen LogP contribution in [-0.4, -0.2) is 25.8 Å². The lowest BCUT2D eigenvalue weighted by atomic mass is 10.1. The minimum absolute atomic E-state index is 0.487. The molecule has 0 saturated carbocycles. The van der Waals surface area contributed by atoms with Crippen molar-refractivity contribution in [1.82, 2.24) is 25.1 Å². The summed E-state index contributed by atoms with van der Waals surface area (Å²) in [5, 5.41) is 9.13. The second-order valence-corrected chi connectivity index (χ2v) is 6.04. The van der Waals surface area contributed by atoms with E-state index >= 15 is 0 Å². The van der Waals surface area contributed by atoms with Gasteiger partial charge in [-0.3, -0.25) is 0 Å². The standard InChI is InChI=1S/C12H17N5S/c1-8-15-12-4-3-10(7-17(12)16-8)14-6-11-5-13-9(2)18-11/h5,10,14H,3-4,6-7H2,1-2H3/t10-/m0/s1. The SMILES string of the molecule is Cc1nc2n(n1)C[C@@H](NCc1cnc(C)s1)CC2. The van der Waals surface area contributed by atoms with Crippen LogP contribution >= 0.6 is 11.3 Å². The van der Waals surface area contributed by atoms with Crippen LogP contribution in [0.1, 0.15) is 28.0 Å². The van der Waals surface area contributed by atoms with Crippen molar-refractivity contribution < 1.29 is 0 Å². The van der Waals surface area contributed by atoms with Gasteiger partial charge in [0, 0.05) is 30.1 Å². The highest BCUT2D eigenvalue weighted by molar-refractivity contribution is 7.11. The quantitative estimate of drug-likeness (QED) is 0.911. The van der Waals surface area contributed by atoms with Gasteiger partial charge in [-0.2, -0.15) is 5.10 Å². The Morgan fingerprint density at radius 3 is 3.17 bits per heavy atom. The van der Waals surface area contributed by atoms with Gasteiger partial charge in [-0.05, 0) is 20.3 Å². The summed E-state index contributed by atoms with van der Waals surface area (Å²) in [6.07, 6.45) is 4.11. The van der Waals surface area contributed by atoms with Gasteiger partial charge in [0.25, 0.3) is 0 Å². The molecule has 0 bridgehead atoms. The van der Waals surface area contributed by atoms with E-state index in [2.05, 4.69) is 20.4 Å². The summed E-state index contributed by atoms with van der Waals surface area (Å²) in [6.45, 7) is 5.82. The molecule has 3 heterocycles. The number of nitrogens with one attached hydrogen (secondary N) is 1. The maximum atomic E-state index is 4.42. The lowest BCUT2D eigenvalue weighted by molar-refractivity contribution is 0.358. The molecule has 18 heavy (non-hydrogen) atoms. The molecule has 1 atom stereocenters. The van der Waals surface area contributed by atoms with Gasteiger partial charge >= 0.3 is 0 Å². The number of aryl methyl sites for hydroxylation is 3. The molecule has 1 N–H and O–H groups in total. The normalized spacial score (nSPS) is 18.9. The molecule has 1 aliphatic rings. The number of nitrogens with zero attached hydrogens (tertiary/aromatic N) is 4. The Morgan fingerprint density at radius 2 is 2.39 bits per heavy atom. The molecule has 0 radical (unpaired) electrons. The number of rotatable bonds is 3. The van der Waals surface area contributed by atoms with Crippen molar-refractivity contribution in [3.8, 4) is 0 Å². The van der Waals surface area contributed by atoms with Gasteiger partial charge < -0.3 is 5.32 Å². The fourth-order valence-corrected chi connectivity index (χ4v) is 3.08. The molecule has 2 aromatic heterocycles. The minimum Gasteiger partial charge on any atom is -0.307 e. The molecule has 0 fully saturated rings. The fraction of sp³-hybridized carbons (Fsp3) is 0.583. The van der Waals surface area contributed by atoms with Crippen molar-refractivity contribution in [2.45, 2.75) is 45.8 Å². The fourth-order valence-electron chi connectivity index (χ4n) is 2.33. The Bertz CT molecular complexity index is 544. The smallest absolute Gasteiger partial charge is 0.147 e. The number of thiazole rings is 1. The van der Waals surface area contributed by atoms with E-state index in [-0.39, 0.29) is 0 Å². The summed E-state index contributed by atoms with van der Waals surface area (Å²) in [5.74, 6) is 2.00. The van der Waals surface area contributed by atoms with E-state index in [4.69, 9.17) is 0 Å². The lowest BCUT2D eigenvalue weighted by Crippen LogP contribution is -2.37. The zero-order valence-electron chi connectivity index (χ0n) is 10.7. The monoisotopic (exact) mass is 263 g/mol. The zero-order chi connectivity index (χ0) is 12.5. The van der Waals surface area contributed by atoms with Gasteiger partial charge in [0.1, 0.15) is 11.6 Å². The predicted octanol–water partition coefficient (Wildman–Crippen LogP) is 1.46. The average molecular weight is 263 g/mol. The number of aromatic nitrogens is 4. The Balaban J connectivity index is 1.59. The highest BCUT2D eigenvalue weighted by Gasteiger charge is 2.20. The van der Waals surface area contributed by atoms with Crippen molar-refractivity contribution in [3.63, 3.8) is 0 Å². The summed E-state index contributed by atoms with van der Waals surface area (Å²) < 4.78 is 2.04. The van der Waals surface area contributed by atoms with Crippen LogP contribution in [0.25, 0.3) is 0 Å². The molecule has 3 rings (SSSR count). The van der Waals surface area contributed by atoms with E-state index in [0.717, 1.165) is 42.6 Å². The molecule has 0 spiro atoms. The first-order chi connectivity index (χ1) is 8.70. The predicted molar refractivity (Wildman–Crippen MR) is 70.6 cm³/mol. The van der Waals surface area contributed by atoms with Crippen LogP contribution in [0.3, 0.4) is 0 Å². The summed E-state index contributed by atoms with van der Waals surface area (Å²) in [7, 11) is 0. The zero-order valence-corrected chi connectivity index (χ0v) is 11.5. The Morgan fingerprint density at radius 1 is 1.50 bits per heavy atom. The summed E-state index contributed by atoms with van der Waals surface area (Å²) in [5.41, 5.74) is 0. The van der Waals surface area contributed by atoms with Gasteiger partial charge in [0.15, 0.2) is 0 Å². The molecular formula is C12H17N5S. The third-order valence-electron chi connectivity index (χ3n) is 3.20. The first-order valence-corrected chi connectivity index (χ1v) is 7.07. The summed E-state index contributed by atoms with van der Waals surface area (Å²) in [6, 6.07) is 0.487. The molecule has 0 aromatic carbocycles. The Hall–Kier alpha value is -1.27. The molecule has 96 valence electrons. The maximum Gasteiger partial charge on any atom is 0.147 e. The Labute approximate surface area is 110 Å². The van der Waals surface area contributed by atoms with Crippen LogP contribution in [0.4, 0.5) is 0 Å². The molecule has 0 amide bonds. The number of hydrogen-bond donors (Lipinski definition) is 1. The molecule has 0 saturated heterocycles.